The summed E-state index contributed by atoms with van der Waals surface area (Å²) in [5.41, 5.74) is 2.98. The molecule has 0 spiro atoms. The summed E-state index contributed by atoms with van der Waals surface area (Å²) >= 11 is 5.94. The second-order valence-electron chi connectivity index (χ2n) is 6.45. The zero-order valence-corrected chi connectivity index (χ0v) is 15.9. The molecular formula is C20H25ClN3O2+. The molecule has 0 saturated heterocycles. The van der Waals surface area contributed by atoms with E-state index in [1.807, 2.05) is 62.5 Å². The van der Waals surface area contributed by atoms with E-state index in [9.17, 15) is 9.59 Å². The smallest absolute Gasteiger partial charge is 0.279 e. The molecule has 0 heterocycles. The topological polar surface area (TPSA) is 62.6 Å². The summed E-state index contributed by atoms with van der Waals surface area (Å²) in [7, 11) is 1.82. The van der Waals surface area contributed by atoms with Gasteiger partial charge in [-0.1, -0.05) is 41.4 Å². The Morgan fingerprint density at radius 2 is 1.73 bits per heavy atom. The Balaban J connectivity index is 1.67. The predicted octanol–water partition coefficient (Wildman–Crippen LogP) is 1.46. The van der Waals surface area contributed by atoms with Crippen LogP contribution in [0.1, 0.15) is 11.1 Å². The van der Waals surface area contributed by atoms with E-state index in [0.29, 0.717) is 11.6 Å². The summed E-state index contributed by atoms with van der Waals surface area (Å²) in [6, 6.07) is 15.2. The normalized spacial score (nSPS) is 11.7. The van der Waals surface area contributed by atoms with Gasteiger partial charge in [-0.3, -0.25) is 9.59 Å². The average molecular weight is 375 g/mol. The predicted molar refractivity (Wildman–Crippen MR) is 105 cm³/mol. The Morgan fingerprint density at radius 1 is 1.04 bits per heavy atom. The number of likely N-dealkylation sites (N-methyl/N-ethyl adjacent to an activating group) is 1. The van der Waals surface area contributed by atoms with Crippen molar-refractivity contribution in [2.75, 3.05) is 32.0 Å². The van der Waals surface area contributed by atoms with Gasteiger partial charge in [-0.25, -0.2) is 0 Å². The third-order valence-electron chi connectivity index (χ3n) is 3.88. The van der Waals surface area contributed by atoms with Gasteiger partial charge in [0, 0.05) is 17.3 Å². The van der Waals surface area contributed by atoms with Gasteiger partial charge in [-0.2, -0.15) is 0 Å². The molecule has 0 bridgehead atoms. The average Bonchev–Trinajstić information content (AvgIpc) is 2.56. The number of anilines is 1. The molecule has 1 atom stereocenters. The minimum Gasteiger partial charge on any atom is -0.351 e. The van der Waals surface area contributed by atoms with Crippen LogP contribution in [0.5, 0.6) is 0 Å². The molecule has 3 N–H and O–H groups in total. The van der Waals surface area contributed by atoms with E-state index in [1.165, 1.54) is 0 Å². The first-order chi connectivity index (χ1) is 12.4. The zero-order chi connectivity index (χ0) is 18.9. The van der Waals surface area contributed by atoms with Crippen molar-refractivity contribution < 1.29 is 14.5 Å². The fourth-order valence-electron chi connectivity index (χ4n) is 2.55. The SMILES string of the molecule is Cc1ccc(NC(=O)C[NH+](C)CC(=O)NCCc2cccc(Cl)c2)cc1. The lowest BCUT2D eigenvalue weighted by Gasteiger charge is -2.14. The van der Waals surface area contributed by atoms with Gasteiger partial charge in [0.05, 0.1) is 7.05 Å². The molecule has 0 aliphatic rings. The highest BCUT2D eigenvalue weighted by molar-refractivity contribution is 6.30. The Morgan fingerprint density at radius 3 is 2.42 bits per heavy atom. The number of hydrogen-bond donors (Lipinski definition) is 3. The number of amides is 2. The first-order valence-electron chi connectivity index (χ1n) is 8.61. The number of carbonyl (C=O) groups excluding carboxylic acids is 2. The van der Waals surface area contributed by atoms with Gasteiger partial charge in [0.25, 0.3) is 11.8 Å². The van der Waals surface area contributed by atoms with Gasteiger partial charge in [-0.05, 0) is 43.2 Å². The maximum Gasteiger partial charge on any atom is 0.279 e. The van der Waals surface area contributed by atoms with Crippen LogP contribution in [0.25, 0.3) is 0 Å². The molecule has 26 heavy (non-hydrogen) atoms. The summed E-state index contributed by atoms with van der Waals surface area (Å²) in [5.74, 6) is -0.189. The zero-order valence-electron chi connectivity index (χ0n) is 15.1. The third kappa shape index (κ3) is 7.25. The number of hydrogen-bond acceptors (Lipinski definition) is 2. The van der Waals surface area contributed by atoms with Crippen LogP contribution in [0.15, 0.2) is 48.5 Å². The van der Waals surface area contributed by atoms with Gasteiger partial charge in [0.15, 0.2) is 13.1 Å². The number of quaternary nitrogens is 1. The van der Waals surface area contributed by atoms with Crippen LogP contribution in [0.4, 0.5) is 5.69 Å². The van der Waals surface area contributed by atoms with Gasteiger partial charge >= 0.3 is 0 Å². The van der Waals surface area contributed by atoms with E-state index in [1.54, 1.807) is 0 Å². The van der Waals surface area contributed by atoms with E-state index < -0.39 is 0 Å². The van der Waals surface area contributed by atoms with Crippen LogP contribution in [0.3, 0.4) is 0 Å². The van der Waals surface area contributed by atoms with Crippen molar-refractivity contribution in [1.29, 1.82) is 0 Å². The van der Waals surface area contributed by atoms with E-state index in [2.05, 4.69) is 10.6 Å². The molecule has 5 nitrogen and oxygen atoms in total. The summed E-state index contributed by atoms with van der Waals surface area (Å²) in [6.07, 6.45) is 0.721. The van der Waals surface area contributed by atoms with E-state index in [4.69, 9.17) is 11.6 Å². The Bertz CT molecular complexity index is 747. The molecule has 2 aromatic carbocycles. The highest BCUT2D eigenvalue weighted by Gasteiger charge is 2.14. The highest BCUT2D eigenvalue weighted by atomic mass is 35.5. The van der Waals surface area contributed by atoms with Crippen molar-refractivity contribution in [3.05, 3.63) is 64.7 Å². The lowest BCUT2D eigenvalue weighted by molar-refractivity contribution is -0.862. The molecule has 0 radical (unpaired) electrons. The van der Waals surface area contributed by atoms with E-state index in [-0.39, 0.29) is 24.9 Å². The molecule has 0 aliphatic carbocycles. The molecule has 138 valence electrons. The summed E-state index contributed by atoms with van der Waals surface area (Å²) < 4.78 is 0. The van der Waals surface area contributed by atoms with Crippen LogP contribution < -0.4 is 15.5 Å². The van der Waals surface area contributed by atoms with Gasteiger partial charge in [0.1, 0.15) is 0 Å². The van der Waals surface area contributed by atoms with Crippen molar-refractivity contribution in [3.8, 4) is 0 Å². The lowest BCUT2D eigenvalue weighted by Crippen LogP contribution is -3.11. The first-order valence-corrected chi connectivity index (χ1v) is 8.99. The summed E-state index contributed by atoms with van der Waals surface area (Å²) in [5, 5.41) is 6.41. The van der Waals surface area contributed by atoms with Gasteiger partial charge in [-0.15, -0.1) is 0 Å². The Kier molecular flexibility index (Phi) is 7.63. The minimum atomic E-state index is -0.113. The minimum absolute atomic E-state index is 0.0762. The second-order valence-corrected chi connectivity index (χ2v) is 6.89. The highest BCUT2D eigenvalue weighted by Crippen LogP contribution is 2.10. The molecule has 2 amide bonds. The molecule has 0 aromatic heterocycles. The number of carbonyl (C=O) groups is 2. The Hall–Kier alpha value is -2.37. The molecule has 2 aromatic rings. The van der Waals surface area contributed by atoms with E-state index >= 15 is 0 Å². The van der Waals surface area contributed by atoms with Crippen LogP contribution in [0.2, 0.25) is 5.02 Å². The van der Waals surface area contributed by atoms with Crippen LogP contribution in [-0.2, 0) is 16.0 Å². The third-order valence-corrected chi connectivity index (χ3v) is 4.12. The number of benzene rings is 2. The molecule has 0 aliphatic heterocycles. The van der Waals surface area contributed by atoms with Crippen molar-refractivity contribution in [1.82, 2.24) is 5.32 Å². The fourth-order valence-corrected chi connectivity index (χ4v) is 2.77. The van der Waals surface area contributed by atoms with Crippen molar-refractivity contribution in [3.63, 3.8) is 0 Å². The van der Waals surface area contributed by atoms with Crippen LogP contribution >= 0.6 is 11.6 Å². The quantitative estimate of drug-likeness (QED) is 0.655. The summed E-state index contributed by atoms with van der Waals surface area (Å²) in [4.78, 5) is 24.9. The molecule has 1 unspecified atom stereocenters. The van der Waals surface area contributed by atoms with Gasteiger partial charge < -0.3 is 15.5 Å². The molecule has 0 saturated carbocycles. The standard InChI is InChI=1S/C20H24ClN3O2/c1-15-6-8-18(9-7-15)23-20(26)14-24(2)13-19(25)22-11-10-16-4-3-5-17(21)12-16/h3-9,12H,10-11,13-14H2,1-2H3,(H,22,25)(H,23,26)/p+1. The number of nitrogens with one attached hydrogen (secondary N) is 3. The molecule has 2 rings (SSSR count). The number of halogens is 1. The van der Waals surface area contributed by atoms with Crippen molar-refractivity contribution in [2.45, 2.75) is 13.3 Å². The monoisotopic (exact) mass is 374 g/mol. The van der Waals surface area contributed by atoms with Gasteiger partial charge in [0.2, 0.25) is 0 Å². The largest absolute Gasteiger partial charge is 0.351 e. The fraction of sp³-hybridized carbons (Fsp3) is 0.300. The number of aryl methyl sites for hydroxylation is 1. The number of rotatable bonds is 8. The molecular weight excluding hydrogens is 350 g/mol. The van der Waals surface area contributed by atoms with Crippen molar-refractivity contribution in [2.24, 2.45) is 0 Å². The Labute approximate surface area is 159 Å². The first kappa shape index (κ1) is 19.9. The van der Waals surface area contributed by atoms with Crippen LogP contribution in [0, 0.1) is 6.92 Å². The lowest BCUT2D eigenvalue weighted by atomic mass is 10.1. The van der Waals surface area contributed by atoms with Crippen LogP contribution in [-0.4, -0.2) is 38.5 Å². The maximum absolute atomic E-state index is 12.0. The maximum atomic E-state index is 12.0. The van der Waals surface area contributed by atoms with E-state index in [0.717, 1.165) is 28.1 Å². The van der Waals surface area contributed by atoms with Crippen molar-refractivity contribution >= 4 is 29.1 Å². The molecule has 6 heteroatoms. The second kappa shape index (κ2) is 9.94. The summed E-state index contributed by atoms with van der Waals surface area (Å²) in [6.45, 7) is 3.02. The molecule has 0 fully saturated rings.